The van der Waals surface area contributed by atoms with E-state index in [0.717, 1.165) is 33.6 Å². The summed E-state index contributed by atoms with van der Waals surface area (Å²) in [5.74, 6) is -1.64. The lowest BCUT2D eigenvalue weighted by molar-refractivity contribution is -0.128. The molecule has 0 fully saturated rings. The molecule has 15 nitrogen and oxygen atoms in total. The number of ether oxygens (including phenoxy) is 5. The van der Waals surface area contributed by atoms with Crippen molar-refractivity contribution in [2.75, 3.05) is 32.2 Å². The van der Waals surface area contributed by atoms with E-state index in [0.29, 0.717) is 40.3 Å². The molecule has 0 saturated carbocycles. The largest absolute Gasteiger partial charge is 0.486 e. The van der Waals surface area contributed by atoms with Crippen LogP contribution in [0.15, 0.2) is 102 Å². The fourth-order valence-corrected chi connectivity index (χ4v) is 8.26. The smallest absolute Gasteiger partial charge is 0.419 e. The molecule has 3 N–H and O–H groups in total. The van der Waals surface area contributed by atoms with Crippen LogP contribution in [0.25, 0.3) is 22.0 Å². The molecule has 2 aromatic heterocycles. The third kappa shape index (κ3) is 8.81. The summed E-state index contributed by atoms with van der Waals surface area (Å²) in [7, 11) is 1.21. The first-order valence-electron chi connectivity index (χ1n) is 19.9. The fraction of sp³-hybridized carbons (Fsp3) is 0.261. The molecule has 4 aromatic carbocycles. The second-order valence-electron chi connectivity index (χ2n) is 15.6. The van der Waals surface area contributed by atoms with Gasteiger partial charge in [0.2, 0.25) is 11.8 Å². The number of thiazole rings is 1. The number of benzene rings is 4. The second-order valence-corrected chi connectivity index (χ2v) is 16.5. The van der Waals surface area contributed by atoms with Crippen molar-refractivity contribution in [3.63, 3.8) is 0 Å². The first kappa shape index (κ1) is 41.5. The number of aromatic nitrogens is 2. The topological polar surface area (TPSA) is 185 Å². The predicted molar refractivity (Wildman–Crippen MR) is 230 cm³/mol. The van der Waals surface area contributed by atoms with Crippen LogP contribution in [-0.4, -0.2) is 78.1 Å². The zero-order valence-corrected chi connectivity index (χ0v) is 35.1. The van der Waals surface area contributed by atoms with E-state index in [9.17, 15) is 24.0 Å². The summed E-state index contributed by atoms with van der Waals surface area (Å²) < 4.78 is 29.3. The van der Waals surface area contributed by atoms with Crippen LogP contribution < -0.4 is 25.4 Å². The number of rotatable bonds is 11. The number of hydrogen-bond donors (Lipinski definition) is 3. The van der Waals surface area contributed by atoms with E-state index >= 15 is 0 Å². The van der Waals surface area contributed by atoms with Gasteiger partial charge >= 0.3 is 18.2 Å². The minimum Gasteiger partial charge on any atom is -0.486 e. The zero-order chi connectivity index (χ0) is 43.5. The summed E-state index contributed by atoms with van der Waals surface area (Å²) >= 11 is 0.979. The number of nitrogens with zero attached hydrogens (tertiary/aromatic N) is 2. The van der Waals surface area contributed by atoms with E-state index in [1.807, 2.05) is 60.7 Å². The summed E-state index contributed by atoms with van der Waals surface area (Å²) in [6.45, 7) is 5.82. The molecule has 0 saturated heterocycles. The number of esters is 1. The van der Waals surface area contributed by atoms with Gasteiger partial charge in [0.1, 0.15) is 37.5 Å². The number of anilines is 1. The molecule has 1 aliphatic carbocycles. The number of carbonyl (C=O) groups is 5. The van der Waals surface area contributed by atoms with Gasteiger partial charge in [0.15, 0.2) is 22.3 Å². The Hall–Kier alpha value is -7.20. The monoisotopic (exact) mass is 857 g/mol. The van der Waals surface area contributed by atoms with Crippen LogP contribution in [0.1, 0.15) is 65.6 Å². The molecule has 6 aromatic rings. The molecule has 0 radical (unpaired) electrons. The van der Waals surface area contributed by atoms with Crippen molar-refractivity contribution in [2.45, 2.75) is 50.8 Å². The minimum absolute atomic E-state index is 0.0169. The quantitative estimate of drug-likeness (QED) is 0.0872. The highest BCUT2D eigenvalue weighted by Crippen LogP contribution is 2.44. The summed E-state index contributed by atoms with van der Waals surface area (Å²) in [4.78, 5) is 72.9. The van der Waals surface area contributed by atoms with E-state index in [1.165, 1.54) is 17.1 Å². The number of amides is 3. The molecular weight excluding hydrogens is 815 g/mol. The van der Waals surface area contributed by atoms with Gasteiger partial charge in [0.05, 0.1) is 12.6 Å². The Morgan fingerprint density at radius 1 is 0.839 bits per heavy atom. The van der Waals surface area contributed by atoms with Gasteiger partial charge in [-0.15, -0.1) is 11.3 Å². The fourth-order valence-electron chi connectivity index (χ4n) is 7.58. The highest BCUT2D eigenvalue weighted by Gasteiger charge is 2.34. The number of fused-ring (bicyclic) bond motifs is 5. The van der Waals surface area contributed by atoms with Gasteiger partial charge in [-0.1, -0.05) is 72.8 Å². The second kappa shape index (κ2) is 17.4. The van der Waals surface area contributed by atoms with E-state index in [1.54, 1.807) is 57.2 Å². The predicted octanol–water partition coefficient (Wildman–Crippen LogP) is 7.38. The summed E-state index contributed by atoms with van der Waals surface area (Å²) in [6, 6.07) is 26.8. The van der Waals surface area contributed by atoms with Crippen molar-refractivity contribution in [1.29, 1.82) is 0 Å². The minimum atomic E-state index is -1.42. The van der Waals surface area contributed by atoms with Gasteiger partial charge in [-0.25, -0.2) is 23.9 Å². The molecule has 318 valence electrons. The molecule has 1 unspecified atom stereocenters. The SMILES string of the molecule is COC(=O)c1csc(NC(=O)C(Cc2cc3ccccc3n2C(=O)OC(C)(C)C)NC(=O)[C@@H](NC(=O)OCC2c3ccccc3-c3ccccc32)c2ccc3c(c2)OCCO3)n1. The van der Waals surface area contributed by atoms with Crippen LogP contribution in [-0.2, 0) is 30.2 Å². The van der Waals surface area contributed by atoms with Crippen molar-refractivity contribution in [3.05, 3.63) is 131 Å². The third-order valence-corrected chi connectivity index (χ3v) is 11.1. The average molecular weight is 858 g/mol. The molecule has 3 heterocycles. The first-order valence-corrected chi connectivity index (χ1v) is 20.7. The summed E-state index contributed by atoms with van der Waals surface area (Å²) in [5.41, 5.74) is 4.44. The van der Waals surface area contributed by atoms with Crippen LogP contribution in [0.4, 0.5) is 14.7 Å². The zero-order valence-electron chi connectivity index (χ0n) is 34.3. The van der Waals surface area contributed by atoms with Crippen molar-refractivity contribution in [2.24, 2.45) is 0 Å². The van der Waals surface area contributed by atoms with Crippen molar-refractivity contribution in [3.8, 4) is 22.6 Å². The Bertz CT molecular complexity index is 2660. The molecule has 3 amide bonds. The first-order chi connectivity index (χ1) is 29.9. The molecule has 0 spiro atoms. The number of nitrogens with one attached hydrogen (secondary N) is 3. The molecule has 1 aliphatic heterocycles. The van der Waals surface area contributed by atoms with Gasteiger partial charge < -0.3 is 39.6 Å². The van der Waals surface area contributed by atoms with Crippen LogP contribution in [0.5, 0.6) is 11.5 Å². The van der Waals surface area contributed by atoms with Crippen LogP contribution >= 0.6 is 11.3 Å². The Labute approximate surface area is 360 Å². The third-order valence-electron chi connectivity index (χ3n) is 10.3. The standard InChI is InChI=1S/C46H43N5O10S/c1-46(2,3)61-45(56)51-28(21-26-11-5-10-16-36(26)51)23-34(40(52)50-43-48-35(25-62-43)42(54)57-4)47-41(53)39(27-17-18-37-38(22-27)59-20-19-58-37)49-44(55)60-24-33-31-14-8-6-12-29(31)30-13-7-9-15-32(30)33/h5-18,21-22,25,33-34,39H,19-20,23-24H2,1-4H3,(H,47,53)(H,49,55)(H,48,50,52)/t34?,39-/m0/s1. The molecule has 62 heavy (non-hydrogen) atoms. The molecule has 8 rings (SSSR count). The normalized spacial score (nSPS) is 13.9. The molecule has 2 atom stereocenters. The maximum atomic E-state index is 14.7. The molecule has 0 bridgehead atoms. The van der Waals surface area contributed by atoms with Crippen LogP contribution in [0.2, 0.25) is 0 Å². The Kier molecular flexibility index (Phi) is 11.7. The lowest BCUT2D eigenvalue weighted by Gasteiger charge is -2.25. The van der Waals surface area contributed by atoms with Gasteiger partial charge in [0.25, 0.3) is 0 Å². The summed E-state index contributed by atoms with van der Waals surface area (Å²) in [6.07, 6.45) is -1.79. The Morgan fingerprint density at radius 2 is 1.52 bits per heavy atom. The number of para-hydroxylation sites is 1. The number of alkyl carbamates (subject to hydrolysis) is 1. The lowest BCUT2D eigenvalue weighted by Crippen LogP contribution is -2.50. The van der Waals surface area contributed by atoms with Gasteiger partial charge in [-0.2, -0.15) is 0 Å². The van der Waals surface area contributed by atoms with E-state index in [2.05, 4.69) is 20.9 Å². The molecular formula is C46H43N5O10S. The molecule has 16 heteroatoms. The number of hydrogen-bond acceptors (Lipinski definition) is 12. The lowest BCUT2D eigenvalue weighted by atomic mass is 9.98. The van der Waals surface area contributed by atoms with E-state index in [-0.39, 0.29) is 36.4 Å². The van der Waals surface area contributed by atoms with Crippen molar-refractivity contribution >= 4 is 57.3 Å². The van der Waals surface area contributed by atoms with Crippen LogP contribution in [0, 0.1) is 0 Å². The van der Waals surface area contributed by atoms with Gasteiger partial charge in [-0.05, 0) is 72.9 Å². The maximum absolute atomic E-state index is 14.7. The number of carbonyl (C=O) groups excluding carboxylic acids is 5. The van der Waals surface area contributed by atoms with E-state index < -0.39 is 47.7 Å². The van der Waals surface area contributed by atoms with Crippen molar-refractivity contribution in [1.82, 2.24) is 20.2 Å². The Morgan fingerprint density at radius 3 is 2.23 bits per heavy atom. The van der Waals surface area contributed by atoms with Crippen molar-refractivity contribution < 1.29 is 47.7 Å². The molecule has 2 aliphatic rings. The van der Waals surface area contributed by atoms with Gasteiger partial charge in [0, 0.05) is 28.8 Å². The number of methoxy groups -OCH3 is 1. The van der Waals surface area contributed by atoms with Gasteiger partial charge in [-0.3, -0.25) is 9.59 Å². The highest BCUT2D eigenvalue weighted by atomic mass is 32.1. The van der Waals surface area contributed by atoms with E-state index in [4.69, 9.17) is 23.7 Å². The summed E-state index contributed by atoms with van der Waals surface area (Å²) in [5, 5.41) is 10.4. The maximum Gasteiger partial charge on any atom is 0.419 e. The highest BCUT2D eigenvalue weighted by molar-refractivity contribution is 7.14. The average Bonchev–Trinajstić information content (AvgIpc) is 3.97. The van der Waals surface area contributed by atoms with Crippen LogP contribution in [0.3, 0.4) is 0 Å². The Balaban J connectivity index is 1.11.